The molecule has 3 rings (SSSR count). The lowest BCUT2D eigenvalue weighted by Gasteiger charge is -2.32. The van der Waals surface area contributed by atoms with E-state index in [-0.39, 0.29) is 0 Å². The average molecular weight is 313 g/mol. The Morgan fingerprint density at radius 3 is 2.61 bits per heavy atom. The Hall–Kier alpha value is -1.28. The molecular formula is C21H32N2. The monoisotopic (exact) mass is 312 g/mol. The summed E-state index contributed by atoms with van der Waals surface area (Å²) in [6.07, 6.45) is 10.7. The third-order valence-corrected chi connectivity index (χ3v) is 5.53. The highest BCUT2D eigenvalue weighted by atomic mass is 15.1. The maximum absolute atomic E-state index is 2.68. The molecule has 2 nitrogen and oxygen atoms in total. The normalized spacial score (nSPS) is 17.1. The number of likely N-dealkylation sites (tertiary alicyclic amines) is 1. The van der Waals surface area contributed by atoms with Gasteiger partial charge in [-0.1, -0.05) is 44.4 Å². The van der Waals surface area contributed by atoms with Gasteiger partial charge in [0.05, 0.1) is 0 Å². The fourth-order valence-electron chi connectivity index (χ4n) is 4.07. The molecule has 1 aromatic carbocycles. The van der Waals surface area contributed by atoms with Gasteiger partial charge in [0.2, 0.25) is 0 Å². The van der Waals surface area contributed by atoms with E-state index in [1.54, 1.807) is 0 Å². The maximum Gasteiger partial charge on any atom is 0.0483 e. The Morgan fingerprint density at radius 2 is 1.83 bits per heavy atom. The molecule has 126 valence electrons. The molecule has 0 aliphatic carbocycles. The molecule has 0 unspecified atom stereocenters. The number of para-hydroxylation sites is 1. The van der Waals surface area contributed by atoms with Crippen LogP contribution in [0, 0.1) is 12.8 Å². The van der Waals surface area contributed by atoms with Gasteiger partial charge < -0.3 is 9.47 Å². The number of hydrogen-bond acceptors (Lipinski definition) is 1. The lowest BCUT2D eigenvalue weighted by Crippen LogP contribution is -2.34. The number of hydrogen-bond donors (Lipinski definition) is 0. The van der Waals surface area contributed by atoms with Crippen molar-refractivity contribution in [1.29, 1.82) is 0 Å². The molecule has 1 saturated heterocycles. The molecule has 0 saturated carbocycles. The van der Waals surface area contributed by atoms with E-state index >= 15 is 0 Å². The fraction of sp³-hybridized carbons (Fsp3) is 0.619. The molecule has 0 radical (unpaired) electrons. The van der Waals surface area contributed by atoms with Crippen LogP contribution in [0.15, 0.2) is 30.5 Å². The highest BCUT2D eigenvalue weighted by Gasteiger charge is 2.18. The number of rotatable bonds is 7. The van der Waals surface area contributed by atoms with Crippen LogP contribution in [-0.2, 0) is 6.54 Å². The highest BCUT2D eigenvalue weighted by molar-refractivity contribution is 5.83. The molecule has 23 heavy (non-hydrogen) atoms. The zero-order valence-corrected chi connectivity index (χ0v) is 14.9. The fourth-order valence-corrected chi connectivity index (χ4v) is 4.07. The Balaban J connectivity index is 1.45. The minimum Gasteiger partial charge on any atom is -0.347 e. The predicted molar refractivity (Wildman–Crippen MR) is 100.0 cm³/mol. The number of nitrogens with zero attached hydrogens (tertiary/aromatic N) is 2. The van der Waals surface area contributed by atoms with E-state index in [1.807, 2.05) is 0 Å². The van der Waals surface area contributed by atoms with Gasteiger partial charge in [0.25, 0.3) is 0 Å². The standard InChI is InChI=1S/C21H32N2/c1-3-4-8-19-11-15-22(16-12-19)13-7-14-23-17-18(2)20-9-5-6-10-21(20)23/h5-6,9-10,17,19H,3-4,7-8,11-16H2,1-2H3. The van der Waals surface area contributed by atoms with Gasteiger partial charge in [0, 0.05) is 23.6 Å². The van der Waals surface area contributed by atoms with Crippen LogP contribution in [0.1, 0.15) is 51.0 Å². The van der Waals surface area contributed by atoms with Crippen molar-refractivity contribution in [2.45, 2.75) is 58.9 Å². The molecule has 1 aromatic heterocycles. The lowest BCUT2D eigenvalue weighted by atomic mass is 9.91. The summed E-state index contributed by atoms with van der Waals surface area (Å²) in [5.41, 5.74) is 2.79. The van der Waals surface area contributed by atoms with Gasteiger partial charge in [-0.2, -0.15) is 0 Å². The van der Waals surface area contributed by atoms with Gasteiger partial charge in [-0.25, -0.2) is 0 Å². The number of fused-ring (bicyclic) bond motifs is 1. The van der Waals surface area contributed by atoms with Crippen molar-refractivity contribution < 1.29 is 0 Å². The quantitative estimate of drug-likeness (QED) is 0.678. The van der Waals surface area contributed by atoms with Gasteiger partial charge in [-0.05, 0) is 63.4 Å². The van der Waals surface area contributed by atoms with Crippen LogP contribution in [0.3, 0.4) is 0 Å². The van der Waals surface area contributed by atoms with E-state index in [2.05, 4.69) is 53.8 Å². The van der Waals surface area contributed by atoms with Crippen LogP contribution in [0.5, 0.6) is 0 Å². The molecule has 1 fully saturated rings. The number of piperidine rings is 1. The predicted octanol–water partition coefficient (Wildman–Crippen LogP) is 5.24. The highest BCUT2D eigenvalue weighted by Crippen LogP contribution is 2.23. The minimum atomic E-state index is 1.00. The molecule has 2 aromatic rings. The summed E-state index contributed by atoms with van der Waals surface area (Å²) in [5.74, 6) is 1.00. The van der Waals surface area contributed by atoms with E-state index in [9.17, 15) is 0 Å². The zero-order valence-electron chi connectivity index (χ0n) is 14.9. The summed E-state index contributed by atoms with van der Waals surface area (Å²) in [7, 11) is 0. The van der Waals surface area contributed by atoms with Gasteiger partial charge in [-0.15, -0.1) is 0 Å². The first-order valence-corrected chi connectivity index (χ1v) is 9.54. The van der Waals surface area contributed by atoms with Gasteiger partial charge in [0.1, 0.15) is 0 Å². The Morgan fingerprint density at radius 1 is 1.04 bits per heavy atom. The Kier molecular flexibility index (Phi) is 5.77. The smallest absolute Gasteiger partial charge is 0.0483 e. The summed E-state index contributed by atoms with van der Waals surface area (Å²) >= 11 is 0. The number of unbranched alkanes of at least 4 members (excludes halogenated alkanes) is 1. The summed E-state index contributed by atoms with van der Waals surface area (Å²) in [5, 5.41) is 1.41. The average Bonchev–Trinajstić information content (AvgIpc) is 2.91. The van der Waals surface area contributed by atoms with Crippen molar-refractivity contribution in [1.82, 2.24) is 9.47 Å². The van der Waals surface area contributed by atoms with Crippen molar-refractivity contribution in [2.75, 3.05) is 19.6 Å². The third kappa shape index (κ3) is 4.17. The van der Waals surface area contributed by atoms with Gasteiger partial charge in [0.15, 0.2) is 0 Å². The van der Waals surface area contributed by atoms with Crippen LogP contribution in [0.25, 0.3) is 10.9 Å². The van der Waals surface area contributed by atoms with Gasteiger partial charge in [-0.3, -0.25) is 0 Å². The molecule has 0 N–H and O–H groups in total. The van der Waals surface area contributed by atoms with Crippen molar-refractivity contribution in [2.24, 2.45) is 5.92 Å². The van der Waals surface area contributed by atoms with Gasteiger partial charge >= 0.3 is 0 Å². The molecule has 1 aliphatic heterocycles. The van der Waals surface area contributed by atoms with E-state index in [4.69, 9.17) is 0 Å². The van der Waals surface area contributed by atoms with Crippen molar-refractivity contribution in [3.63, 3.8) is 0 Å². The molecule has 0 spiro atoms. The van der Waals surface area contributed by atoms with Crippen molar-refractivity contribution in [3.05, 3.63) is 36.0 Å². The van der Waals surface area contributed by atoms with E-state index in [0.717, 1.165) is 12.5 Å². The van der Waals surface area contributed by atoms with Crippen molar-refractivity contribution in [3.8, 4) is 0 Å². The first kappa shape index (κ1) is 16.6. The van der Waals surface area contributed by atoms with Crippen LogP contribution >= 0.6 is 0 Å². The summed E-state index contributed by atoms with van der Waals surface area (Å²) < 4.78 is 2.44. The summed E-state index contributed by atoms with van der Waals surface area (Å²) in [6.45, 7) is 9.57. The van der Waals surface area contributed by atoms with Crippen LogP contribution in [0.2, 0.25) is 0 Å². The molecular weight excluding hydrogens is 280 g/mol. The van der Waals surface area contributed by atoms with Crippen LogP contribution < -0.4 is 0 Å². The second kappa shape index (κ2) is 8.01. The second-order valence-electron chi connectivity index (χ2n) is 7.30. The first-order chi connectivity index (χ1) is 11.3. The molecule has 2 heterocycles. The van der Waals surface area contributed by atoms with Crippen molar-refractivity contribution >= 4 is 10.9 Å². The molecule has 0 amide bonds. The van der Waals surface area contributed by atoms with Crippen LogP contribution in [0.4, 0.5) is 0 Å². The Bertz CT molecular complexity index is 605. The topological polar surface area (TPSA) is 8.17 Å². The lowest BCUT2D eigenvalue weighted by molar-refractivity contribution is 0.174. The van der Waals surface area contributed by atoms with E-state index in [0.29, 0.717) is 0 Å². The Labute approximate surface area is 141 Å². The zero-order chi connectivity index (χ0) is 16.1. The number of aromatic nitrogens is 1. The first-order valence-electron chi connectivity index (χ1n) is 9.54. The summed E-state index contributed by atoms with van der Waals surface area (Å²) in [4.78, 5) is 2.68. The molecule has 0 bridgehead atoms. The SMILES string of the molecule is CCCCC1CCN(CCCn2cc(C)c3ccccc32)CC1. The molecule has 1 aliphatic rings. The van der Waals surface area contributed by atoms with E-state index in [1.165, 1.54) is 74.6 Å². The van der Waals surface area contributed by atoms with E-state index < -0.39 is 0 Å². The maximum atomic E-state index is 2.68. The second-order valence-corrected chi connectivity index (χ2v) is 7.30. The third-order valence-electron chi connectivity index (χ3n) is 5.53. The number of aryl methyl sites for hydroxylation is 2. The summed E-state index contributed by atoms with van der Waals surface area (Å²) in [6, 6.07) is 8.78. The molecule has 2 heteroatoms. The molecule has 0 atom stereocenters. The minimum absolute atomic E-state index is 1.00. The largest absolute Gasteiger partial charge is 0.347 e. The van der Waals surface area contributed by atoms with Crippen LogP contribution in [-0.4, -0.2) is 29.1 Å². The number of benzene rings is 1.